The van der Waals surface area contributed by atoms with Gasteiger partial charge in [0.15, 0.2) is 0 Å². The van der Waals surface area contributed by atoms with Gasteiger partial charge in [0.2, 0.25) is 0 Å². The fraction of sp³-hybridized carbons (Fsp3) is 0.0909. The molecule has 0 aliphatic carbocycles. The van der Waals surface area contributed by atoms with Crippen molar-refractivity contribution in [3.8, 4) is 22.3 Å². The maximum absolute atomic E-state index is 2.37. The van der Waals surface area contributed by atoms with E-state index in [1.54, 1.807) is 0 Å². The number of hydrogen-bond donors (Lipinski definition) is 0. The Balaban J connectivity index is 1.73. The molecule has 5 aromatic rings. The standard InChI is InChI=1S/C33H29N/c1-3-26-16-21-31(22-17-26)34(30-19-14-25(2)15-20-30)33-23-18-29(27-10-6-4-7-11-27)24-32(33)28-12-8-5-9-13-28/h4-24H,3H2,1-2H3. The Morgan fingerprint density at radius 2 is 1.09 bits per heavy atom. The summed E-state index contributed by atoms with van der Waals surface area (Å²) in [6.45, 7) is 4.33. The maximum atomic E-state index is 2.37. The zero-order chi connectivity index (χ0) is 23.3. The predicted molar refractivity (Wildman–Crippen MR) is 146 cm³/mol. The number of rotatable bonds is 6. The highest BCUT2D eigenvalue weighted by Crippen LogP contribution is 2.42. The summed E-state index contributed by atoms with van der Waals surface area (Å²) in [5.74, 6) is 0. The van der Waals surface area contributed by atoms with Gasteiger partial charge >= 0.3 is 0 Å². The van der Waals surface area contributed by atoms with Crippen molar-refractivity contribution in [3.63, 3.8) is 0 Å². The van der Waals surface area contributed by atoms with E-state index in [4.69, 9.17) is 0 Å². The van der Waals surface area contributed by atoms with Gasteiger partial charge < -0.3 is 4.90 Å². The number of hydrogen-bond acceptors (Lipinski definition) is 1. The van der Waals surface area contributed by atoms with Gasteiger partial charge in [-0.3, -0.25) is 0 Å². The topological polar surface area (TPSA) is 3.24 Å². The lowest BCUT2D eigenvalue weighted by Gasteiger charge is -2.28. The summed E-state index contributed by atoms with van der Waals surface area (Å²) in [7, 11) is 0. The molecule has 0 saturated carbocycles. The Bertz CT molecular complexity index is 1350. The first kappa shape index (κ1) is 21.7. The van der Waals surface area contributed by atoms with Crippen molar-refractivity contribution in [2.75, 3.05) is 4.90 Å². The van der Waals surface area contributed by atoms with Crippen molar-refractivity contribution < 1.29 is 0 Å². The highest BCUT2D eigenvalue weighted by molar-refractivity contribution is 5.90. The van der Waals surface area contributed by atoms with E-state index in [0.29, 0.717) is 0 Å². The van der Waals surface area contributed by atoms with Crippen molar-refractivity contribution >= 4 is 17.1 Å². The van der Waals surface area contributed by atoms with Gasteiger partial charge in [0, 0.05) is 16.9 Å². The normalized spacial score (nSPS) is 10.8. The minimum Gasteiger partial charge on any atom is -0.310 e. The lowest BCUT2D eigenvalue weighted by atomic mass is 9.96. The molecule has 5 aromatic carbocycles. The van der Waals surface area contributed by atoms with Crippen LogP contribution in [0.2, 0.25) is 0 Å². The van der Waals surface area contributed by atoms with E-state index in [-0.39, 0.29) is 0 Å². The highest BCUT2D eigenvalue weighted by atomic mass is 15.1. The van der Waals surface area contributed by atoms with Crippen molar-refractivity contribution in [2.24, 2.45) is 0 Å². The first-order chi connectivity index (χ1) is 16.7. The average Bonchev–Trinajstić information content (AvgIpc) is 2.91. The van der Waals surface area contributed by atoms with Crippen LogP contribution in [-0.2, 0) is 6.42 Å². The van der Waals surface area contributed by atoms with Crippen molar-refractivity contribution in [2.45, 2.75) is 20.3 Å². The van der Waals surface area contributed by atoms with Crippen LogP contribution in [0.1, 0.15) is 18.1 Å². The summed E-state index contributed by atoms with van der Waals surface area (Å²) < 4.78 is 0. The van der Waals surface area contributed by atoms with E-state index in [9.17, 15) is 0 Å². The van der Waals surface area contributed by atoms with Crippen LogP contribution in [-0.4, -0.2) is 0 Å². The lowest BCUT2D eigenvalue weighted by Crippen LogP contribution is -2.11. The smallest absolute Gasteiger partial charge is 0.0540 e. The molecule has 1 heteroatoms. The number of nitrogens with zero attached hydrogens (tertiary/aromatic N) is 1. The number of anilines is 3. The third-order valence-corrected chi connectivity index (χ3v) is 6.32. The van der Waals surface area contributed by atoms with E-state index < -0.39 is 0 Å². The molecule has 0 saturated heterocycles. The second kappa shape index (κ2) is 9.80. The number of aryl methyl sites for hydroxylation is 2. The summed E-state index contributed by atoms with van der Waals surface area (Å²) >= 11 is 0. The van der Waals surface area contributed by atoms with Crippen molar-refractivity contribution in [1.29, 1.82) is 0 Å². The summed E-state index contributed by atoms with van der Waals surface area (Å²) in [5, 5.41) is 0. The molecule has 5 rings (SSSR count). The zero-order valence-electron chi connectivity index (χ0n) is 19.8. The van der Waals surface area contributed by atoms with E-state index >= 15 is 0 Å². The minimum atomic E-state index is 1.03. The van der Waals surface area contributed by atoms with Crippen LogP contribution in [0.3, 0.4) is 0 Å². The SMILES string of the molecule is CCc1ccc(N(c2ccc(C)cc2)c2ccc(-c3ccccc3)cc2-c2ccccc2)cc1. The average molecular weight is 440 g/mol. The Morgan fingerprint density at radius 3 is 1.68 bits per heavy atom. The van der Waals surface area contributed by atoms with Gasteiger partial charge in [-0.25, -0.2) is 0 Å². The minimum absolute atomic E-state index is 1.03. The van der Waals surface area contributed by atoms with Crippen LogP contribution >= 0.6 is 0 Å². The molecule has 166 valence electrons. The molecule has 1 nitrogen and oxygen atoms in total. The fourth-order valence-electron chi connectivity index (χ4n) is 4.39. The Labute approximate surface area is 203 Å². The molecule has 0 aliphatic rings. The molecular formula is C33H29N. The molecule has 0 radical (unpaired) electrons. The quantitative estimate of drug-likeness (QED) is 0.255. The maximum Gasteiger partial charge on any atom is 0.0540 e. The molecule has 0 unspecified atom stereocenters. The molecule has 0 fully saturated rings. The second-order valence-electron chi connectivity index (χ2n) is 8.65. The fourth-order valence-corrected chi connectivity index (χ4v) is 4.39. The molecule has 0 amide bonds. The lowest BCUT2D eigenvalue weighted by molar-refractivity contribution is 1.14. The van der Waals surface area contributed by atoms with E-state index in [2.05, 4.69) is 146 Å². The third-order valence-electron chi connectivity index (χ3n) is 6.32. The van der Waals surface area contributed by atoms with E-state index in [0.717, 1.165) is 17.8 Å². The second-order valence-corrected chi connectivity index (χ2v) is 8.65. The van der Waals surface area contributed by atoms with Gasteiger partial charge in [-0.15, -0.1) is 0 Å². The molecule has 0 spiro atoms. The van der Waals surface area contributed by atoms with Crippen LogP contribution < -0.4 is 4.90 Å². The highest BCUT2D eigenvalue weighted by Gasteiger charge is 2.18. The van der Waals surface area contributed by atoms with Crippen LogP contribution in [0.5, 0.6) is 0 Å². The van der Waals surface area contributed by atoms with E-state index in [1.807, 2.05) is 0 Å². The molecule has 0 N–H and O–H groups in total. The van der Waals surface area contributed by atoms with E-state index in [1.165, 1.54) is 39.1 Å². The first-order valence-corrected chi connectivity index (χ1v) is 11.9. The largest absolute Gasteiger partial charge is 0.310 e. The van der Waals surface area contributed by atoms with Gasteiger partial charge in [-0.05, 0) is 72.0 Å². The monoisotopic (exact) mass is 439 g/mol. The van der Waals surface area contributed by atoms with Gasteiger partial charge in [-0.1, -0.05) is 103 Å². The van der Waals surface area contributed by atoms with Crippen molar-refractivity contribution in [3.05, 3.63) is 139 Å². The van der Waals surface area contributed by atoms with Gasteiger partial charge in [0.25, 0.3) is 0 Å². The van der Waals surface area contributed by atoms with Gasteiger partial charge in [0.1, 0.15) is 0 Å². The molecule has 34 heavy (non-hydrogen) atoms. The van der Waals surface area contributed by atoms with Crippen LogP contribution in [0.4, 0.5) is 17.1 Å². The van der Waals surface area contributed by atoms with Crippen LogP contribution in [0, 0.1) is 6.92 Å². The first-order valence-electron chi connectivity index (χ1n) is 11.9. The molecular weight excluding hydrogens is 410 g/mol. The summed E-state index contributed by atoms with van der Waals surface area (Å²) in [6.07, 6.45) is 1.03. The van der Waals surface area contributed by atoms with Gasteiger partial charge in [-0.2, -0.15) is 0 Å². The molecule has 0 aromatic heterocycles. The Kier molecular flexibility index (Phi) is 6.27. The van der Waals surface area contributed by atoms with Gasteiger partial charge in [0.05, 0.1) is 5.69 Å². The van der Waals surface area contributed by atoms with Crippen LogP contribution in [0.15, 0.2) is 127 Å². The molecule has 0 bridgehead atoms. The molecule has 0 atom stereocenters. The molecule has 0 aliphatic heterocycles. The van der Waals surface area contributed by atoms with Crippen molar-refractivity contribution in [1.82, 2.24) is 0 Å². The molecule has 0 heterocycles. The number of benzene rings is 5. The van der Waals surface area contributed by atoms with Crippen LogP contribution in [0.25, 0.3) is 22.3 Å². The summed E-state index contributed by atoms with van der Waals surface area (Å²) in [4.78, 5) is 2.37. The zero-order valence-corrected chi connectivity index (χ0v) is 19.8. The third kappa shape index (κ3) is 4.51. The Morgan fingerprint density at radius 1 is 0.529 bits per heavy atom. The predicted octanol–water partition coefficient (Wildman–Crippen LogP) is 9.36. The Hall–Kier alpha value is -4.10. The summed E-state index contributed by atoms with van der Waals surface area (Å²) in [5.41, 5.74) is 10.9. The summed E-state index contributed by atoms with van der Waals surface area (Å²) in [6, 6.07) is 45.8.